The molecule has 7 nitrogen and oxygen atoms in total. The fraction of sp³-hybridized carbons (Fsp3) is 0.625. The van der Waals surface area contributed by atoms with E-state index in [0.717, 1.165) is 38.3 Å². The number of anilines is 1. The first-order chi connectivity index (χ1) is 11.1. The van der Waals surface area contributed by atoms with Crippen LogP contribution in [0.15, 0.2) is 10.7 Å². The maximum absolute atomic E-state index is 12.6. The van der Waals surface area contributed by atoms with Crippen LogP contribution in [0.25, 0.3) is 11.2 Å². The molecule has 0 saturated carbocycles. The van der Waals surface area contributed by atoms with Gasteiger partial charge < -0.3 is 14.2 Å². The van der Waals surface area contributed by atoms with Gasteiger partial charge in [-0.3, -0.25) is 4.79 Å². The molecular weight excluding hydrogens is 294 g/mol. The summed E-state index contributed by atoms with van der Waals surface area (Å²) in [6.45, 7) is 8.90. The van der Waals surface area contributed by atoms with E-state index in [1.807, 2.05) is 18.7 Å². The van der Waals surface area contributed by atoms with E-state index >= 15 is 0 Å². The van der Waals surface area contributed by atoms with Gasteiger partial charge in [0.05, 0.1) is 5.92 Å². The molecule has 7 heteroatoms. The smallest absolute Gasteiger partial charge is 0.252 e. The molecule has 1 fully saturated rings. The first-order valence-corrected chi connectivity index (χ1v) is 8.25. The van der Waals surface area contributed by atoms with Crippen molar-refractivity contribution in [1.82, 2.24) is 19.9 Å². The van der Waals surface area contributed by atoms with E-state index in [-0.39, 0.29) is 11.8 Å². The minimum absolute atomic E-state index is 0.0154. The van der Waals surface area contributed by atoms with Crippen LogP contribution in [0.4, 0.5) is 5.82 Å². The van der Waals surface area contributed by atoms with Crippen LogP contribution < -0.4 is 4.90 Å². The molecular formula is C16H23N5O2. The third-order valence-corrected chi connectivity index (χ3v) is 4.43. The molecule has 0 bridgehead atoms. The third-order valence-electron chi connectivity index (χ3n) is 4.43. The number of amides is 1. The number of carbonyl (C=O) groups excluding carboxylic acids is 1. The van der Waals surface area contributed by atoms with E-state index in [1.54, 1.807) is 6.92 Å². The molecule has 2 aromatic heterocycles. The maximum atomic E-state index is 12.6. The molecule has 124 valence electrons. The Balaban J connectivity index is 1.84. The summed E-state index contributed by atoms with van der Waals surface area (Å²) in [6.07, 6.45) is 3.40. The Bertz CT molecular complexity index is 695. The second-order valence-electron chi connectivity index (χ2n) is 5.88. The summed E-state index contributed by atoms with van der Waals surface area (Å²) in [5, 5.41) is 0. The number of hydrogen-bond donors (Lipinski definition) is 0. The lowest BCUT2D eigenvalue weighted by Crippen LogP contribution is -2.45. The molecule has 0 spiro atoms. The lowest BCUT2D eigenvalue weighted by molar-refractivity contribution is -0.135. The zero-order chi connectivity index (χ0) is 16.4. The van der Waals surface area contributed by atoms with Gasteiger partial charge in [-0.15, -0.1) is 0 Å². The second-order valence-corrected chi connectivity index (χ2v) is 5.88. The molecule has 2 aromatic rings. The summed E-state index contributed by atoms with van der Waals surface area (Å²) >= 11 is 0. The van der Waals surface area contributed by atoms with Gasteiger partial charge in [0.15, 0.2) is 17.2 Å². The molecule has 0 radical (unpaired) electrons. The predicted octanol–water partition coefficient (Wildman–Crippen LogP) is 2.01. The van der Waals surface area contributed by atoms with Crippen molar-refractivity contribution in [3.63, 3.8) is 0 Å². The highest BCUT2D eigenvalue weighted by molar-refractivity contribution is 5.83. The maximum Gasteiger partial charge on any atom is 0.252 e. The molecule has 1 amide bonds. The van der Waals surface area contributed by atoms with E-state index in [4.69, 9.17) is 4.42 Å². The van der Waals surface area contributed by atoms with Gasteiger partial charge in [0.1, 0.15) is 6.33 Å². The van der Waals surface area contributed by atoms with Crippen LogP contribution in [0.2, 0.25) is 0 Å². The first kappa shape index (κ1) is 15.7. The van der Waals surface area contributed by atoms with Gasteiger partial charge in [-0.05, 0) is 26.7 Å². The summed E-state index contributed by atoms with van der Waals surface area (Å²) < 4.78 is 5.48. The Labute approximate surface area is 135 Å². The zero-order valence-electron chi connectivity index (χ0n) is 13.9. The van der Waals surface area contributed by atoms with Crippen molar-refractivity contribution >= 4 is 23.0 Å². The van der Waals surface area contributed by atoms with E-state index < -0.39 is 0 Å². The van der Waals surface area contributed by atoms with Crippen molar-refractivity contribution in [3.8, 4) is 0 Å². The van der Waals surface area contributed by atoms with Crippen LogP contribution in [-0.2, 0) is 4.79 Å². The van der Waals surface area contributed by atoms with Crippen LogP contribution in [0, 0.1) is 12.8 Å². The molecule has 1 atom stereocenters. The molecule has 0 unspecified atom stereocenters. The quantitative estimate of drug-likeness (QED) is 0.858. The van der Waals surface area contributed by atoms with E-state index in [0.29, 0.717) is 23.7 Å². The van der Waals surface area contributed by atoms with Gasteiger partial charge in [0, 0.05) is 33.1 Å². The Morgan fingerprint density at radius 2 is 2.17 bits per heavy atom. The molecule has 1 saturated heterocycles. The Morgan fingerprint density at radius 1 is 1.39 bits per heavy atom. The minimum Gasteiger partial charge on any atom is -0.422 e. The van der Waals surface area contributed by atoms with Crippen molar-refractivity contribution in [1.29, 1.82) is 0 Å². The van der Waals surface area contributed by atoms with Crippen LogP contribution in [0.1, 0.15) is 32.6 Å². The van der Waals surface area contributed by atoms with Crippen LogP contribution in [0.5, 0.6) is 0 Å². The van der Waals surface area contributed by atoms with Crippen LogP contribution in [0.3, 0.4) is 0 Å². The fourth-order valence-corrected chi connectivity index (χ4v) is 3.24. The van der Waals surface area contributed by atoms with Gasteiger partial charge >= 0.3 is 0 Å². The summed E-state index contributed by atoms with van der Waals surface area (Å²) in [7, 11) is 0. The summed E-state index contributed by atoms with van der Waals surface area (Å²) in [4.78, 5) is 29.6. The number of hydrogen-bond acceptors (Lipinski definition) is 6. The van der Waals surface area contributed by atoms with Crippen molar-refractivity contribution in [2.75, 3.05) is 31.1 Å². The number of piperidine rings is 1. The molecule has 0 N–H and O–H groups in total. The first-order valence-electron chi connectivity index (χ1n) is 8.25. The second kappa shape index (κ2) is 6.52. The molecule has 3 rings (SSSR count). The largest absolute Gasteiger partial charge is 0.422 e. The van der Waals surface area contributed by atoms with Crippen molar-refractivity contribution < 1.29 is 9.21 Å². The van der Waals surface area contributed by atoms with Crippen LogP contribution in [-0.4, -0.2) is 51.9 Å². The van der Waals surface area contributed by atoms with Crippen molar-refractivity contribution in [3.05, 3.63) is 12.2 Å². The number of rotatable bonds is 4. The van der Waals surface area contributed by atoms with Gasteiger partial charge in [-0.2, -0.15) is 4.98 Å². The Morgan fingerprint density at radius 3 is 2.91 bits per heavy atom. The lowest BCUT2D eigenvalue weighted by Gasteiger charge is -2.35. The predicted molar refractivity (Wildman–Crippen MR) is 87.2 cm³/mol. The van der Waals surface area contributed by atoms with Gasteiger partial charge in [0.25, 0.3) is 5.71 Å². The lowest BCUT2D eigenvalue weighted by atomic mass is 9.96. The van der Waals surface area contributed by atoms with Crippen molar-refractivity contribution in [2.45, 2.75) is 33.6 Å². The standard InChI is InChI=1S/C16H23N5O2/c1-4-20(5-2)16(22)12-7-6-8-21(9-12)14-13-15(18-10-17-14)23-11(3)19-13/h10,12H,4-9H2,1-3H3/t12-/m0/s1. The number of carbonyl (C=O) groups is 1. The SMILES string of the molecule is CCN(CC)C(=O)[C@H]1CCCN(c2ncnc3oc(C)nc23)C1. The van der Waals surface area contributed by atoms with E-state index in [9.17, 15) is 4.79 Å². The zero-order valence-corrected chi connectivity index (χ0v) is 13.9. The van der Waals surface area contributed by atoms with E-state index in [1.165, 1.54) is 6.33 Å². The van der Waals surface area contributed by atoms with Gasteiger partial charge in [0.2, 0.25) is 5.91 Å². The molecule has 0 aliphatic carbocycles. The normalized spacial score (nSPS) is 18.4. The monoisotopic (exact) mass is 317 g/mol. The highest BCUT2D eigenvalue weighted by atomic mass is 16.4. The Hall–Kier alpha value is -2.18. The molecule has 1 aliphatic rings. The molecule has 1 aliphatic heterocycles. The number of fused-ring (bicyclic) bond motifs is 1. The molecule has 3 heterocycles. The minimum atomic E-state index is 0.0154. The van der Waals surface area contributed by atoms with Gasteiger partial charge in [-0.25, -0.2) is 9.97 Å². The average molecular weight is 317 g/mol. The van der Waals surface area contributed by atoms with Crippen LogP contribution >= 0.6 is 0 Å². The summed E-state index contributed by atoms with van der Waals surface area (Å²) in [5.41, 5.74) is 1.19. The number of oxazole rings is 1. The number of aryl methyl sites for hydroxylation is 1. The molecule has 0 aromatic carbocycles. The topological polar surface area (TPSA) is 75.4 Å². The summed E-state index contributed by atoms with van der Waals surface area (Å²) in [5.74, 6) is 1.60. The molecule has 23 heavy (non-hydrogen) atoms. The average Bonchev–Trinajstić information content (AvgIpc) is 2.96. The fourth-order valence-electron chi connectivity index (χ4n) is 3.24. The highest BCUT2D eigenvalue weighted by Crippen LogP contribution is 2.28. The summed E-state index contributed by atoms with van der Waals surface area (Å²) in [6, 6.07) is 0. The van der Waals surface area contributed by atoms with Gasteiger partial charge in [-0.1, -0.05) is 0 Å². The number of nitrogens with zero attached hydrogens (tertiary/aromatic N) is 5. The Kier molecular flexibility index (Phi) is 4.45. The van der Waals surface area contributed by atoms with E-state index in [2.05, 4.69) is 19.9 Å². The third kappa shape index (κ3) is 3.00. The number of aromatic nitrogens is 3. The van der Waals surface area contributed by atoms with Crippen molar-refractivity contribution in [2.24, 2.45) is 5.92 Å². The highest BCUT2D eigenvalue weighted by Gasteiger charge is 2.30.